The molecule has 0 aliphatic carbocycles. The van der Waals surface area contributed by atoms with E-state index in [4.69, 9.17) is 0 Å². The fourth-order valence-electron chi connectivity index (χ4n) is 0.300. The summed E-state index contributed by atoms with van der Waals surface area (Å²) in [5, 5.41) is 0. The normalized spacial score (nSPS) is 15.4. The molecule has 0 aliphatic heterocycles. The zero-order valence-electron chi connectivity index (χ0n) is 5.28. The second kappa shape index (κ2) is 3.67. The fraction of sp³-hybridized carbons (Fsp3) is 0.333. The molecule has 0 spiro atoms. The first kappa shape index (κ1) is 8.69. The van der Waals surface area contributed by atoms with Crippen molar-refractivity contribution in [1.29, 1.82) is 0 Å². The van der Waals surface area contributed by atoms with Crippen LogP contribution in [0, 0.1) is 0 Å². The van der Waals surface area contributed by atoms with Gasteiger partial charge in [-0.2, -0.15) is 0 Å². The predicted octanol–water partition coefficient (Wildman–Crippen LogP) is 2.99. The van der Waals surface area contributed by atoms with Gasteiger partial charge in [-0.05, 0) is 19.9 Å². The Morgan fingerprint density at radius 2 is 1.89 bits per heavy atom. The van der Waals surface area contributed by atoms with Gasteiger partial charge in [0.1, 0.15) is 0 Å². The summed E-state index contributed by atoms with van der Waals surface area (Å²) in [5.41, 5.74) is 0. The molecule has 0 nitrogen and oxygen atoms in total. The summed E-state index contributed by atoms with van der Waals surface area (Å²) >= 11 is 3.61. The lowest BCUT2D eigenvalue weighted by Crippen LogP contribution is -1.75. The summed E-state index contributed by atoms with van der Waals surface area (Å²) in [6.45, 7) is 2.81. The van der Waals surface area contributed by atoms with Crippen molar-refractivity contribution in [3.05, 3.63) is 22.6 Å². The van der Waals surface area contributed by atoms with E-state index in [1.165, 1.54) is 13.8 Å². The van der Waals surface area contributed by atoms with Crippen molar-refractivity contribution in [2.75, 3.05) is 0 Å². The minimum absolute atomic E-state index is 0.0607. The molecule has 0 heterocycles. The third-order valence-corrected chi connectivity index (χ3v) is 0.977. The summed E-state index contributed by atoms with van der Waals surface area (Å²) in [5.74, 6) is -1.75. The number of halogens is 2. The van der Waals surface area contributed by atoms with Crippen LogP contribution in [0.2, 0.25) is 0 Å². The molecule has 0 amide bonds. The maximum absolute atomic E-state index is 12.3. The van der Waals surface area contributed by atoms with E-state index >= 15 is 0 Å². The average Bonchev–Trinajstić information content (AvgIpc) is 1.84. The Hall–Kier alpha value is -0.310. The first-order chi connectivity index (χ1) is 4.09. The van der Waals surface area contributed by atoms with Crippen LogP contribution in [0.5, 0.6) is 0 Å². The number of thiol groups is 1. The summed E-state index contributed by atoms with van der Waals surface area (Å²) < 4.78 is 24.4. The Labute approximate surface area is 58.7 Å². The first-order valence-corrected chi connectivity index (χ1v) is 2.91. The van der Waals surface area contributed by atoms with E-state index in [9.17, 15) is 8.78 Å². The minimum atomic E-state index is -0.888. The number of rotatable bonds is 1. The van der Waals surface area contributed by atoms with Crippen molar-refractivity contribution in [2.45, 2.75) is 13.8 Å². The smallest absolute Gasteiger partial charge is 0.167 e. The Morgan fingerprint density at radius 1 is 1.44 bits per heavy atom. The van der Waals surface area contributed by atoms with Crippen LogP contribution in [-0.2, 0) is 0 Å². The van der Waals surface area contributed by atoms with Gasteiger partial charge in [-0.3, -0.25) is 0 Å². The van der Waals surface area contributed by atoms with Gasteiger partial charge in [0.2, 0.25) is 0 Å². The molecule has 9 heavy (non-hydrogen) atoms. The molecule has 0 N–H and O–H groups in total. The van der Waals surface area contributed by atoms with E-state index in [0.717, 1.165) is 6.08 Å². The predicted molar refractivity (Wildman–Crippen MR) is 37.7 cm³/mol. The van der Waals surface area contributed by atoms with Gasteiger partial charge >= 0.3 is 0 Å². The molecule has 0 bridgehead atoms. The molecule has 0 radical (unpaired) electrons. The molecular weight excluding hydrogens is 142 g/mol. The van der Waals surface area contributed by atoms with Crippen LogP contribution in [-0.4, -0.2) is 0 Å². The SMILES string of the molecule is C/C=C(F)\C(F)=C(\C)S. The molecule has 0 aromatic carbocycles. The van der Waals surface area contributed by atoms with Crippen molar-refractivity contribution in [3.8, 4) is 0 Å². The minimum Gasteiger partial charge on any atom is -0.204 e. The van der Waals surface area contributed by atoms with Crippen molar-refractivity contribution in [3.63, 3.8) is 0 Å². The first-order valence-electron chi connectivity index (χ1n) is 2.47. The molecule has 52 valence electrons. The average molecular weight is 150 g/mol. The van der Waals surface area contributed by atoms with Gasteiger partial charge < -0.3 is 0 Å². The van der Waals surface area contributed by atoms with Crippen molar-refractivity contribution >= 4 is 12.6 Å². The van der Waals surface area contributed by atoms with Gasteiger partial charge in [-0.15, -0.1) is 12.6 Å². The highest BCUT2D eigenvalue weighted by Gasteiger charge is 2.02. The van der Waals surface area contributed by atoms with Crippen LogP contribution < -0.4 is 0 Å². The van der Waals surface area contributed by atoms with Gasteiger partial charge in [0.15, 0.2) is 11.7 Å². The van der Waals surface area contributed by atoms with Gasteiger partial charge in [-0.1, -0.05) is 0 Å². The molecule has 0 rings (SSSR count). The van der Waals surface area contributed by atoms with Crippen molar-refractivity contribution in [2.24, 2.45) is 0 Å². The quantitative estimate of drug-likeness (QED) is 0.431. The molecule has 0 saturated carbocycles. The third kappa shape index (κ3) is 2.65. The van der Waals surface area contributed by atoms with Crippen LogP contribution in [0.1, 0.15) is 13.8 Å². The van der Waals surface area contributed by atoms with E-state index in [2.05, 4.69) is 12.6 Å². The molecule has 3 heteroatoms. The lowest BCUT2D eigenvalue weighted by atomic mass is 10.4. The van der Waals surface area contributed by atoms with Crippen molar-refractivity contribution < 1.29 is 8.78 Å². The van der Waals surface area contributed by atoms with Gasteiger partial charge in [-0.25, -0.2) is 8.78 Å². The van der Waals surface area contributed by atoms with E-state index in [1.54, 1.807) is 0 Å². The zero-order valence-corrected chi connectivity index (χ0v) is 6.17. The summed E-state index contributed by atoms with van der Waals surface area (Å²) in [6, 6.07) is 0. The summed E-state index contributed by atoms with van der Waals surface area (Å²) in [7, 11) is 0. The molecule has 0 aromatic rings. The lowest BCUT2D eigenvalue weighted by Gasteiger charge is -1.91. The van der Waals surface area contributed by atoms with E-state index in [1.807, 2.05) is 0 Å². The van der Waals surface area contributed by atoms with Crippen molar-refractivity contribution in [1.82, 2.24) is 0 Å². The second-order valence-electron chi connectivity index (χ2n) is 1.54. The van der Waals surface area contributed by atoms with Crippen LogP contribution in [0.4, 0.5) is 8.78 Å². The number of allylic oxidation sites excluding steroid dienone is 4. The Kier molecular flexibility index (Phi) is 3.54. The molecule has 0 unspecified atom stereocenters. The highest BCUT2D eigenvalue weighted by atomic mass is 32.1. The lowest BCUT2D eigenvalue weighted by molar-refractivity contribution is 0.541. The molecule has 0 atom stereocenters. The highest BCUT2D eigenvalue weighted by molar-refractivity contribution is 7.84. The molecule has 0 aliphatic rings. The van der Waals surface area contributed by atoms with Crippen LogP contribution >= 0.6 is 12.6 Å². The highest BCUT2D eigenvalue weighted by Crippen LogP contribution is 2.18. The topological polar surface area (TPSA) is 0 Å². The van der Waals surface area contributed by atoms with Gasteiger partial charge in [0.25, 0.3) is 0 Å². The Balaban J connectivity index is 4.40. The van der Waals surface area contributed by atoms with Crippen LogP contribution in [0.15, 0.2) is 22.6 Å². The maximum atomic E-state index is 12.3. The second-order valence-corrected chi connectivity index (χ2v) is 2.21. The van der Waals surface area contributed by atoms with Gasteiger partial charge in [0, 0.05) is 4.91 Å². The maximum Gasteiger partial charge on any atom is 0.167 e. The molecule has 0 aromatic heterocycles. The molecule has 0 saturated heterocycles. The monoisotopic (exact) mass is 150 g/mol. The largest absolute Gasteiger partial charge is 0.204 e. The van der Waals surface area contributed by atoms with Crippen LogP contribution in [0.25, 0.3) is 0 Å². The summed E-state index contributed by atoms with van der Waals surface area (Å²) in [4.78, 5) is 0.0607. The van der Waals surface area contributed by atoms with E-state index in [0.29, 0.717) is 0 Å². The van der Waals surface area contributed by atoms with Gasteiger partial charge in [0.05, 0.1) is 0 Å². The molecule has 0 fully saturated rings. The number of hydrogen-bond donors (Lipinski definition) is 1. The Morgan fingerprint density at radius 3 is 2.00 bits per heavy atom. The zero-order chi connectivity index (χ0) is 7.44. The number of hydrogen-bond acceptors (Lipinski definition) is 1. The standard InChI is InChI=1S/C6H8F2S/c1-3-5(7)6(8)4(2)9/h3,9H,1-2H3/b5-3+,6-4+. The van der Waals surface area contributed by atoms with Crippen LogP contribution in [0.3, 0.4) is 0 Å². The Bertz CT molecular complexity index is 154. The fourth-order valence-corrected chi connectivity index (χ4v) is 0.406. The molecular formula is C6H8F2S. The third-order valence-electron chi connectivity index (χ3n) is 0.781. The summed E-state index contributed by atoms with van der Waals surface area (Å²) in [6.07, 6.45) is 1.05. The van der Waals surface area contributed by atoms with E-state index in [-0.39, 0.29) is 4.91 Å². The van der Waals surface area contributed by atoms with E-state index < -0.39 is 11.7 Å².